The predicted molar refractivity (Wildman–Crippen MR) is 96.9 cm³/mol. The Kier molecular flexibility index (Phi) is 6.11. The van der Waals surface area contributed by atoms with Gasteiger partial charge in [0.1, 0.15) is 5.75 Å². The third kappa shape index (κ3) is 4.66. The van der Waals surface area contributed by atoms with Crippen molar-refractivity contribution < 1.29 is 14.3 Å². The maximum atomic E-state index is 12.3. The van der Waals surface area contributed by atoms with Gasteiger partial charge in [0, 0.05) is 10.6 Å². The fourth-order valence-electron chi connectivity index (χ4n) is 1.95. The van der Waals surface area contributed by atoms with Crippen LogP contribution in [0.25, 0.3) is 0 Å². The van der Waals surface area contributed by atoms with Crippen LogP contribution in [0.4, 0.5) is 5.69 Å². The predicted octanol–water partition coefficient (Wildman–Crippen LogP) is 3.57. The summed E-state index contributed by atoms with van der Waals surface area (Å²) >= 11 is 7.31. The standard InChI is InChI=1S/C17H17ClN2O3S/c1-10(24-13-6-4-12(23-2)5-7-13)17(22)20-11-3-8-15(18)14(9-11)16(19)21/h3-10H,1-2H3,(H2,19,21)(H,20,22)/t10-/m1/s1. The minimum atomic E-state index is -0.642. The molecular weight excluding hydrogens is 348 g/mol. The van der Waals surface area contributed by atoms with Crippen molar-refractivity contribution >= 4 is 40.9 Å². The molecule has 2 rings (SSSR count). The summed E-state index contributed by atoms with van der Waals surface area (Å²) in [5.41, 5.74) is 5.89. The number of thioether (sulfide) groups is 1. The highest BCUT2D eigenvalue weighted by Gasteiger charge is 2.16. The van der Waals surface area contributed by atoms with Crippen molar-refractivity contribution in [2.24, 2.45) is 5.73 Å². The van der Waals surface area contributed by atoms with Crippen LogP contribution >= 0.6 is 23.4 Å². The smallest absolute Gasteiger partial charge is 0.250 e. The highest BCUT2D eigenvalue weighted by Crippen LogP contribution is 2.27. The van der Waals surface area contributed by atoms with Crippen molar-refractivity contribution in [3.63, 3.8) is 0 Å². The van der Waals surface area contributed by atoms with Gasteiger partial charge in [-0.25, -0.2) is 0 Å². The number of anilines is 1. The number of carbonyl (C=O) groups excluding carboxylic acids is 2. The van der Waals surface area contributed by atoms with E-state index in [1.165, 1.54) is 23.9 Å². The second-order valence-electron chi connectivity index (χ2n) is 4.98. The topological polar surface area (TPSA) is 81.4 Å². The number of halogens is 1. The Balaban J connectivity index is 2.03. The average molecular weight is 365 g/mol. The van der Waals surface area contributed by atoms with E-state index in [9.17, 15) is 9.59 Å². The Morgan fingerprint density at radius 1 is 1.21 bits per heavy atom. The lowest BCUT2D eigenvalue weighted by molar-refractivity contribution is -0.115. The van der Waals surface area contributed by atoms with Crippen molar-refractivity contribution in [2.45, 2.75) is 17.1 Å². The van der Waals surface area contributed by atoms with Gasteiger partial charge >= 0.3 is 0 Å². The normalized spacial score (nSPS) is 11.6. The first-order valence-electron chi connectivity index (χ1n) is 7.11. The third-order valence-electron chi connectivity index (χ3n) is 3.24. The maximum absolute atomic E-state index is 12.3. The Labute approximate surface area is 149 Å². The first-order chi connectivity index (χ1) is 11.4. The van der Waals surface area contributed by atoms with Crippen LogP contribution in [-0.2, 0) is 4.79 Å². The number of nitrogens with one attached hydrogen (secondary N) is 1. The number of amides is 2. The zero-order chi connectivity index (χ0) is 17.7. The van der Waals surface area contributed by atoms with Crippen LogP contribution in [0.1, 0.15) is 17.3 Å². The maximum Gasteiger partial charge on any atom is 0.250 e. The molecule has 0 aromatic heterocycles. The molecule has 0 saturated heterocycles. The number of methoxy groups -OCH3 is 1. The van der Waals surface area contributed by atoms with Crippen LogP contribution in [0.15, 0.2) is 47.4 Å². The monoisotopic (exact) mass is 364 g/mol. The van der Waals surface area contributed by atoms with Crippen molar-refractivity contribution in [1.82, 2.24) is 0 Å². The van der Waals surface area contributed by atoms with Gasteiger partial charge in [-0.05, 0) is 49.4 Å². The second kappa shape index (κ2) is 8.08. The van der Waals surface area contributed by atoms with Crippen LogP contribution in [-0.4, -0.2) is 24.2 Å². The number of hydrogen-bond acceptors (Lipinski definition) is 4. The van der Waals surface area contributed by atoms with Crippen molar-refractivity contribution in [3.8, 4) is 5.75 Å². The van der Waals surface area contributed by atoms with Gasteiger partial charge in [-0.1, -0.05) is 11.6 Å². The molecule has 7 heteroatoms. The van der Waals surface area contributed by atoms with Crippen LogP contribution in [0.2, 0.25) is 5.02 Å². The summed E-state index contributed by atoms with van der Waals surface area (Å²) in [5.74, 6) is -0.0677. The Morgan fingerprint density at radius 3 is 2.46 bits per heavy atom. The molecule has 0 saturated carbocycles. The molecule has 2 aromatic carbocycles. The van der Waals surface area contributed by atoms with E-state index >= 15 is 0 Å². The molecule has 0 radical (unpaired) electrons. The molecule has 24 heavy (non-hydrogen) atoms. The summed E-state index contributed by atoms with van der Waals surface area (Å²) in [5, 5.41) is 2.68. The number of benzene rings is 2. The molecule has 3 N–H and O–H groups in total. The molecule has 126 valence electrons. The number of primary amides is 1. The van der Waals surface area contributed by atoms with E-state index < -0.39 is 5.91 Å². The van der Waals surface area contributed by atoms with Crippen LogP contribution in [0.3, 0.4) is 0 Å². The molecule has 0 heterocycles. The van der Waals surface area contributed by atoms with E-state index in [0.29, 0.717) is 5.69 Å². The van der Waals surface area contributed by atoms with Gasteiger partial charge < -0.3 is 15.8 Å². The Hall–Kier alpha value is -2.18. The van der Waals surface area contributed by atoms with Gasteiger partial charge in [-0.3, -0.25) is 9.59 Å². The summed E-state index contributed by atoms with van der Waals surface area (Å²) in [7, 11) is 1.60. The molecule has 0 aliphatic carbocycles. The lowest BCUT2D eigenvalue weighted by Crippen LogP contribution is -2.22. The van der Waals surface area contributed by atoms with Crippen LogP contribution in [0, 0.1) is 0 Å². The number of ether oxygens (including phenoxy) is 1. The van der Waals surface area contributed by atoms with Gasteiger partial charge in [0.2, 0.25) is 11.8 Å². The number of hydrogen-bond donors (Lipinski definition) is 2. The van der Waals surface area contributed by atoms with Gasteiger partial charge in [-0.15, -0.1) is 11.8 Å². The van der Waals surface area contributed by atoms with Crippen LogP contribution < -0.4 is 15.8 Å². The molecule has 0 aliphatic rings. The van der Waals surface area contributed by atoms with Crippen molar-refractivity contribution in [1.29, 1.82) is 0 Å². The summed E-state index contributed by atoms with van der Waals surface area (Å²) in [6.07, 6.45) is 0. The zero-order valence-electron chi connectivity index (χ0n) is 13.2. The SMILES string of the molecule is COc1ccc(S[C@H](C)C(=O)Nc2ccc(Cl)c(C(N)=O)c2)cc1. The van der Waals surface area contributed by atoms with E-state index in [0.717, 1.165) is 10.6 Å². The fraction of sp³-hybridized carbons (Fsp3) is 0.176. The number of nitrogens with two attached hydrogens (primary N) is 1. The highest BCUT2D eigenvalue weighted by molar-refractivity contribution is 8.00. The fourth-order valence-corrected chi connectivity index (χ4v) is 3.03. The van der Waals surface area contributed by atoms with Gasteiger partial charge in [0.05, 0.1) is 22.9 Å². The summed E-state index contributed by atoms with van der Waals surface area (Å²) in [6, 6.07) is 12.1. The number of rotatable bonds is 6. The lowest BCUT2D eigenvalue weighted by atomic mass is 10.2. The van der Waals surface area contributed by atoms with Gasteiger partial charge in [0.15, 0.2) is 0 Å². The van der Waals surface area contributed by atoms with E-state index in [1.54, 1.807) is 20.1 Å². The average Bonchev–Trinajstić information content (AvgIpc) is 2.57. The molecule has 0 aliphatic heterocycles. The first-order valence-corrected chi connectivity index (χ1v) is 8.37. The molecular formula is C17H17ClN2O3S. The quantitative estimate of drug-likeness (QED) is 0.768. The Bertz CT molecular complexity index is 750. The summed E-state index contributed by atoms with van der Waals surface area (Å²) in [6.45, 7) is 1.80. The lowest BCUT2D eigenvalue weighted by Gasteiger charge is -2.13. The van der Waals surface area contributed by atoms with E-state index in [-0.39, 0.29) is 21.7 Å². The summed E-state index contributed by atoms with van der Waals surface area (Å²) < 4.78 is 5.10. The van der Waals surface area contributed by atoms with Crippen molar-refractivity contribution in [3.05, 3.63) is 53.1 Å². The van der Waals surface area contributed by atoms with Crippen molar-refractivity contribution in [2.75, 3.05) is 12.4 Å². The van der Waals surface area contributed by atoms with Gasteiger partial charge in [-0.2, -0.15) is 0 Å². The molecule has 0 unspecified atom stereocenters. The largest absolute Gasteiger partial charge is 0.497 e. The summed E-state index contributed by atoms with van der Waals surface area (Å²) in [4.78, 5) is 24.5. The van der Waals surface area contributed by atoms with E-state index in [1.807, 2.05) is 24.3 Å². The molecule has 0 spiro atoms. The molecule has 0 fully saturated rings. The number of carbonyl (C=O) groups is 2. The second-order valence-corrected chi connectivity index (χ2v) is 6.81. The minimum Gasteiger partial charge on any atom is -0.497 e. The van der Waals surface area contributed by atoms with E-state index in [4.69, 9.17) is 22.1 Å². The molecule has 2 aromatic rings. The molecule has 5 nitrogen and oxygen atoms in total. The minimum absolute atomic E-state index is 0.171. The highest BCUT2D eigenvalue weighted by atomic mass is 35.5. The first kappa shape index (κ1) is 18.2. The van der Waals surface area contributed by atoms with Gasteiger partial charge in [0.25, 0.3) is 0 Å². The van der Waals surface area contributed by atoms with Crippen LogP contribution in [0.5, 0.6) is 5.75 Å². The molecule has 0 bridgehead atoms. The Morgan fingerprint density at radius 2 is 1.88 bits per heavy atom. The molecule has 1 atom stereocenters. The third-order valence-corrected chi connectivity index (χ3v) is 4.68. The molecule has 2 amide bonds. The zero-order valence-corrected chi connectivity index (χ0v) is 14.8. The van der Waals surface area contributed by atoms with E-state index in [2.05, 4.69) is 5.32 Å².